The second-order valence-corrected chi connectivity index (χ2v) is 11.6. The van der Waals surface area contributed by atoms with Crippen LogP contribution in [0.1, 0.15) is 26.7 Å². The van der Waals surface area contributed by atoms with Crippen LogP contribution in [0.4, 0.5) is 32.3 Å². The first-order chi connectivity index (χ1) is 20.8. The van der Waals surface area contributed by atoms with Gasteiger partial charge in [0.15, 0.2) is 0 Å². The molecule has 6 N–H and O–H groups in total. The maximum absolute atomic E-state index is 12.0. The molecular weight excluding hydrogens is 583 g/mol. The number of amides is 3. The van der Waals surface area contributed by atoms with Gasteiger partial charge in [-0.05, 0) is 77.0 Å². The second-order valence-electron chi connectivity index (χ2n) is 9.66. The first-order valence-corrected chi connectivity index (χ1v) is 15.9. The summed E-state index contributed by atoms with van der Waals surface area (Å²) in [6.07, 6.45) is 1.40. The molecule has 43 heavy (non-hydrogen) atoms. The summed E-state index contributed by atoms with van der Waals surface area (Å²) in [5.74, 6) is 0.379. The maximum atomic E-state index is 12.0. The number of thiophene rings is 2. The highest BCUT2D eigenvalue weighted by atomic mass is 32.1. The zero-order valence-electron chi connectivity index (χ0n) is 25.1. The number of anilines is 4. The summed E-state index contributed by atoms with van der Waals surface area (Å²) in [6, 6.07) is 19.1. The first kappa shape index (κ1) is 33.4. The molecule has 5 rings (SSSR count). The van der Waals surface area contributed by atoms with Crippen molar-refractivity contribution in [2.24, 2.45) is 5.92 Å². The molecule has 9 nitrogen and oxygen atoms in total. The van der Waals surface area contributed by atoms with E-state index in [4.69, 9.17) is 20.9 Å². The smallest absolute Gasteiger partial charge is 0.411 e. The van der Waals surface area contributed by atoms with Crippen LogP contribution in [0.3, 0.4) is 0 Å². The number of hydrogen-bond acceptors (Lipinski definition) is 8. The lowest BCUT2D eigenvalue weighted by Gasteiger charge is -2.21. The molecule has 3 heterocycles. The van der Waals surface area contributed by atoms with Crippen LogP contribution >= 0.6 is 22.7 Å². The minimum Gasteiger partial charge on any atom is -0.449 e. The van der Waals surface area contributed by atoms with Gasteiger partial charge in [-0.25, -0.2) is 9.59 Å². The normalized spacial score (nSPS) is 12.6. The van der Waals surface area contributed by atoms with Gasteiger partial charge >= 0.3 is 12.1 Å². The summed E-state index contributed by atoms with van der Waals surface area (Å²) in [5.41, 5.74) is 16.2. The molecule has 230 valence electrons. The Labute approximate surface area is 261 Å². The summed E-state index contributed by atoms with van der Waals surface area (Å²) in [4.78, 5) is 27.4. The fourth-order valence-corrected chi connectivity index (χ4v) is 5.45. The second kappa shape index (κ2) is 17.2. The summed E-state index contributed by atoms with van der Waals surface area (Å²) in [5, 5.41) is 9.55. The minimum atomic E-state index is -0.466. The van der Waals surface area contributed by atoms with E-state index in [1.807, 2.05) is 73.1 Å². The lowest BCUT2D eigenvalue weighted by molar-refractivity contribution is 0.0405. The summed E-state index contributed by atoms with van der Waals surface area (Å²) in [7, 11) is 3.38. The number of benzene rings is 2. The third-order valence-electron chi connectivity index (χ3n) is 6.39. The van der Waals surface area contributed by atoms with Crippen molar-refractivity contribution < 1.29 is 19.1 Å². The third kappa shape index (κ3) is 10.3. The van der Waals surface area contributed by atoms with Gasteiger partial charge in [0, 0.05) is 37.1 Å². The van der Waals surface area contributed by atoms with Gasteiger partial charge in [0.2, 0.25) is 0 Å². The number of ether oxygens (including phenoxy) is 2. The number of rotatable bonds is 6. The van der Waals surface area contributed by atoms with E-state index in [1.165, 1.54) is 4.90 Å². The number of nitrogen functional groups attached to an aromatic ring is 2. The fourth-order valence-electron chi connectivity index (χ4n) is 4.00. The van der Waals surface area contributed by atoms with E-state index in [0.29, 0.717) is 35.3 Å². The van der Waals surface area contributed by atoms with Gasteiger partial charge in [-0.1, -0.05) is 38.1 Å². The van der Waals surface area contributed by atoms with Crippen molar-refractivity contribution >= 4 is 57.5 Å². The van der Waals surface area contributed by atoms with Gasteiger partial charge in [-0.15, -0.1) is 22.7 Å². The van der Waals surface area contributed by atoms with E-state index in [9.17, 15) is 9.59 Å². The molecule has 0 bridgehead atoms. The third-order valence-corrected chi connectivity index (χ3v) is 8.23. The van der Waals surface area contributed by atoms with Gasteiger partial charge in [0.25, 0.3) is 0 Å². The quantitative estimate of drug-likeness (QED) is 0.161. The average Bonchev–Trinajstić information content (AvgIpc) is 3.76. The Balaban J connectivity index is 0.000000229. The topological polar surface area (TPSA) is 132 Å². The monoisotopic (exact) mass is 623 g/mol. The molecule has 0 aliphatic carbocycles. The Hall–Kier alpha value is -4.06. The molecule has 0 saturated carbocycles. The zero-order valence-corrected chi connectivity index (χ0v) is 26.7. The molecule has 1 fully saturated rings. The number of nitrogens with one attached hydrogen (secondary N) is 2. The van der Waals surface area contributed by atoms with Crippen LogP contribution in [0.15, 0.2) is 71.4 Å². The van der Waals surface area contributed by atoms with Gasteiger partial charge in [-0.3, -0.25) is 5.32 Å². The van der Waals surface area contributed by atoms with Crippen LogP contribution in [-0.2, 0) is 9.47 Å². The number of urea groups is 1. The summed E-state index contributed by atoms with van der Waals surface area (Å²) in [6.45, 7) is 5.90. The van der Waals surface area contributed by atoms with Crippen LogP contribution < -0.4 is 22.1 Å². The van der Waals surface area contributed by atoms with Crippen LogP contribution in [0.5, 0.6) is 0 Å². The fraction of sp³-hybridized carbons (Fsp3) is 0.312. The Bertz CT molecular complexity index is 1420. The highest BCUT2D eigenvalue weighted by Crippen LogP contribution is 2.31. The number of carbonyl (C=O) groups is 2. The highest BCUT2D eigenvalue weighted by molar-refractivity contribution is 7.13. The molecule has 1 saturated heterocycles. The van der Waals surface area contributed by atoms with Crippen molar-refractivity contribution in [2.45, 2.75) is 26.7 Å². The van der Waals surface area contributed by atoms with Crippen molar-refractivity contribution in [3.63, 3.8) is 0 Å². The van der Waals surface area contributed by atoms with Gasteiger partial charge in [0.1, 0.15) is 0 Å². The van der Waals surface area contributed by atoms with Crippen molar-refractivity contribution in [1.82, 2.24) is 4.90 Å². The molecule has 0 unspecified atom stereocenters. The van der Waals surface area contributed by atoms with Gasteiger partial charge < -0.3 is 31.2 Å². The van der Waals surface area contributed by atoms with Crippen molar-refractivity contribution in [3.05, 3.63) is 71.4 Å². The number of nitrogens with two attached hydrogens (primary N) is 2. The van der Waals surface area contributed by atoms with Crippen LogP contribution in [0.25, 0.3) is 20.9 Å². The molecule has 2 aromatic carbocycles. The standard InChI is InChI=1S/C17H20N2O3S.C13H15N3OS.C2H6/c18-14-4-3-13(16-2-1-9-23-16)10-15(14)19-17(20)22-11-12-5-7-21-8-6-12;1-16(2)13(17)15-11-8-9(5-6-10(11)14)12-4-3-7-18-12;1-2/h1-4,9-10,12H,5-8,11,18H2,(H,19,20);3-8H,14H2,1-2H3,(H,15,17);1-2H3. The number of carbonyl (C=O) groups excluding carboxylic acids is 2. The molecule has 1 aliphatic heterocycles. The lowest BCUT2D eigenvalue weighted by atomic mass is 10.0. The Morgan fingerprint density at radius 2 is 1.37 bits per heavy atom. The Morgan fingerprint density at radius 1 is 0.860 bits per heavy atom. The molecule has 0 radical (unpaired) electrons. The highest BCUT2D eigenvalue weighted by Gasteiger charge is 2.16. The van der Waals surface area contributed by atoms with Gasteiger partial charge in [0.05, 0.1) is 29.4 Å². The minimum absolute atomic E-state index is 0.190. The molecule has 3 amide bonds. The molecular formula is C32H41N5O4S2. The number of hydrogen-bond donors (Lipinski definition) is 4. The van der Waals surface area contributed by atoms with Gasteiger partial charge in [-0.2, -0.15) is 0 Å². The number of nitrogens with zero attached hydrogens (tertiary/aromatic N) is 1. The zero-order chi connectivity index (χ0) is 31.2. The maximum Gasteiger partial charge on any atom is 0.411 e. The molecule has 0 atom stereocenters. The molecule has 0 spiro atoms. The van der Waals surface area contributed by atoms with E-state index in [2.05, 4.69) is 10.6 Å². The van der Waals surface area contributed by atoms with E-state index >= 15 is 0 Å². The Morgan fingerprint density at radius 3 is 1.84 bits per heavy atom. The molecule has 2 aromatic heterocycles. The molecule has 4 aromatic rings. The largest absolute Gasteiger partial charge is 0.449 e. The van der Waals surface area contributed by atoms with Crippen LogP contribution in [-0.4, -0.2) is 50.9 Å². The Kier molecular flexibility index (Phi) is 13.3. The first-order valence-electron chi connectivity index (χ1n) is 14.2. The average molecular weight is 624 g/mol. The van der Waals surface area contributed by atoms with Crippen LogP contribution in [0.2, 0.25) is 0 Å². The van der Waals surface area contributed by atoms with E-state index in [1.54, 1.807) is 48.9 Å². The van der Waals surface area contributed by atoms with E-state index in [-0.39, 0.29) is 6.03 Å². The SMILES string of the molecule is CC.CN(C)C(=O)Nc1cc(-c2cccs2)ccc1N.Nc1ccc(-c2cccs2)cc1NC(=O)OCC1CCOCC1. The predicted octanol–water partition coefficient (Wildman–Crippen LogP) is 8.09. The van der Waals surface area contributed by atoms with Crippen LogP contribution in [0, 0.1) is 5.92 Å². The van der Waals surface area contributed by atoms with E-state index in [0.717, 1.165) is 46.9 Å². The molecule has 11 heteroatoms. The summed E-state index contributed by atoms with van der Waals surface area (Å²) < 4.78 is 10.6. The predicted molar refractivity (Wildman–Crippen MR) is 181 cm³/mol. The van der Waals surface area contributed by atoms with E-state index < -0.39 is 6.09 Å². The van der Waals surface area contributed by atoms with Crippen molar-refractivity contribution in [1.29, 1.82) is 0 Å². The summed E-state index contributed by atoms with van der Waals surface area (Å²) >= 11 is 3.29. The lowest BCUT2D eigenvalue weighted by Crippen LogP contribution is -2.27. The van der Waals surface area contributed by atoms with Crippen molar-refractivity contribution in [3.8, 4) is 20.9 Å². The molecule has 1 aliphatic rings. The van der Waals surface area contributed by atoms with Crippen molar-refractivity contribution in [2.75, 3.05) is 56.0 Å².